The van der Waals surface area contributed by atoms with Gasteiger partial charge in [0.25, 0.3) is 10.0 Å². The molecule has 1 atom stereocenters. The van der Waals surface area contributed by atoms with Gasteiger partial charge in [0.1, 0.15) is 24.5 Å². The molecule has 0 bridgehead atoms. The average molecular weight is 424 g/mol. The van der Waals surface area contributed by atoms with E-state index in [9.17, 15) is 13.2 Å². The minimum absolute atomic E-state index is 0.165. The third kappa shape index (κ3) is 4.08. The Labute approximate surface area is 173 Å². The van der Waals surface area contributed by atoms with Gasteiger partial charge in [0.05, 0.1) is 11.4 Å². The maximum absolute atomic E-state index is 12.6. The average Bonchev–Trinajstić information content (AvgIpc) is 3.33. The molecular weight excluding hydrogens is 404 g/mol. The molecule has 10 heteroatoms. The summed E-state index contributed by atoms with van der Waals surface area (Å²) in [5.41, 5.74) is 2.43. The molecule has 9 nitrogen and oxygen atoms in total. The van der Waals surface area contributed by atoms with E-state index in [2.05, 4.69) is 25.1 Å². The van der Waals surface area contributed by atoms with Crippen LogP contribution in [0, 0.1) is 0 Å². The van der Waals surface area contributed by atoms with Crippen molar-refractivity contribution in [2.24, 2.45) is 4.99 Å². The number of amides is 1. The number of sulfonamides is 1. The Hall–Kier alpha value is -3.53. The van der Waals surface area contributed by atoms with Crippen molar-refractivity contribution in [2.45, 2.75) is 31.0 Å². The molecule has 0 fully saturated rings. The molecule has 1 amide bonds. The van der Waals surface area contributed by atoms with E-state index < -0.39 is 16.1 Å². The van der Waals surface area contributed by atoms with Crippen LogP contribution in [-0.2, 0) is 27.9 Å². The predicted octanol–water partition coefficient (Wildman–Crippen LogP) is 1.07. The van der Waals surface area contributed by atoms with E-state index in [-0.39, 0.29) is 16.6 Å². The molecule has 1 aliphatic heterocycles. The lowest BCUT2D eigenvalue weighted by Crippen LogP contribution is -2.33. The summed E-state index contributed by atoms with van der Waals surface area (Å²) in [5, 5.41) is 6.98. The van der Waals surface area contributed by atoms with Gasteiger partial charge in [-0.05, 0) is 30.2 Å². The van der Waals surface area contributed by atoms with Gasteiger partial charge in [0.2, 0.25) is 5.91 Å². The van der Waals surface area contributed by atoms with Gasteiger partial charge in [-0.25, -0.2) is 18.1 Å². The molecule has 0 saturated heterocycles. The maximum atomic E-state index is 12.6. The Morgan fingerprint density at radius 3 is 2.67 bits per heavy atom. The van der Waals surface area contributed by atoms with Crippen LogP contribution in [0.5, 0.6) is 0 Å². The van der Waals surface area contributed by atoms with Crippen LogP contribution in [0.15, 0.2) is 71.1 Å². The van der Waals surface area contributed by atoms with Crippen LogP contribution in [0.25, 0.3) is 0 Å². The van der Waals surface area contributed by atoms with Crippen molar-refractivity contribution >= 4 is 21.8 Å². The topological polar surface area (TPSA) is 118 Å². The van der Waals surface area contributed by atoms with Crippen LogP contribution in [-0.4, -0.2) is 41.0 Å². The van der Waals surface area contributed by atoms with E-state index in [0.29, 0.717) is 18.7 Å². The van der Waals surface area contributed by atoms with E-state index in [1.54, 1.807) is 36.1 Å². The zero-order chi connectivity index (χ0) is 21.1. The lowest BCUT2D eigenvalue weighted by Gasteiger charge is -2.13. The van der Waals surface area contributed by atoms with Gasteiger partial charge in [0.15, 0.2) is 0 Å². The number of hydrogen-bond donors (Lipinski definition) is 2. The summed E-state index contributed by atoms with van der Waals surface area (Å²) in [5.74, 6) is -0.124. The van der Waals surface area contributed by atoms with Crippen LogP contribution in [0.2, 0.25) is 0 Å². The zero-order valence-corrected chi connectivity index (χ0v) is 17.0. The van der Waals surface area contributed by atoms with Crippen molar-refractivity contribution < 1.29 is 13.2 Å². The predicted molar refractivity (Wildman–Crippen MR) is 110 cm³/mol. The number of nitrogens with zero attached hydrogens (tertiary/aromatic N) is 4. The van der Waals surface area contributed by atoms with E-state index in [1.807, 2.05) is 24.3 Å². The number of carbonyl (C=O) groups excluding carboxylic acids is 1. The summed E-state index contributed by atoms with van der Waals surface area (Å²) in [6, 6.07) is 13.5. The Kier molecular flexibility index (Phi) is 5.32. The molecule has 2 aromatic carbocycles. The molecule has 2 heterocycles. The summed E-state index contributed by atoms with van der Waals surface area (Å²) < 4.78 is 28.5. The zero-order valence-electron chi connectivity index (χ0n) is 16.2. The number of amidine groups is 1. The second-order valence-corrected chi connectivity index (χ2v) is 8.49. The van der Waals surface area contributed by atoms with E-state index in [1.165, 1.54) is 12.4 Å². The second kappa shape index (κ2) is 8.07. The number of nitrogens with one attached hydrogen (secondary N) is 2. The third-order valence-electron chi connectivity index (χ3n) is 4.74. The summed E-state index contributed by atoms with van der Waals surface area (Å²) in [4.78, 5) is 21.0. The van der Waals surface area contributed by atoms with Crippen molar-refractivity contribution in [2.75, 3.05) is 0 Å². The fraction of sp³-hybridized carbons (Fsp3) is 0.200. The van der Waals surface area contributed by atoms with Crippen LogP contribution in [0.1, 0.15) is 23.6 Å². The lowest BCUT2D eigenvalue weighted by atomic mass is 10.1. The SMILES string of the molecule is C[C@H](N=C1NS(=O)(=O)c2ccccc21)C(=O)NCc1ccccc1Cn1cncn1. The third-order valence-corrected chi connectivity index (χ3v) is 6.13. The molecule has 3 aromatic rings. The molecule has 154 valence electrons. The number of rotatable bonds is 6. The van der Waals surface area contributed by atoms with Crippen LogP contribution in [0.3, 0.4) is 0 Å². The van der Waals surface area contributed by atoms with Crippen LogP contribution >= 0.6 is 0 Å². The Morgan fingerprint density at radius 1 is 1.17 bits per heavy atom. The summed E-state index contributed by atoms with van der Waals surface area (Å²) >= 11 is 0. The molecule has 0 spiro atoms. The number of aromatic nitrogens is 3. The highest BCUT2D eigenvalue weighted by Crippen LogP contribution is 2.22. The molecule has 1 aromatic heterocycles. The van der Waals surface area contributed by atoms with E-state index in [4.69, 9.17) is 0 Å². The van der Waals surface area contributed by atoms with Crippen molar-refractivity contribution in [1.82, 2.24) is 24.8 Å². The van der Waals surface area contributed by atoms with E-state index >= 15 is 0 Å². The van der Waals surface area contributed by atoms with Gasteiger partial charge in [-0.15, -0.1) is 0 Å². The molecule has 2 N–H and O–H groups in total. The van der Waals surface area contributed by atoms with Crippen LogP contribution < -0.4 is 10.0 Å². The first-order valence-electron chi connectivity index (χ1n) is 9.31. The van der Waals surface area contributed by atoms with Gasteiger partial charge < -0.3 is 5.32 Å². The molecule has 0 aliphatic carbocycles. The molecule has 0 saturated carbocycles. The van der Waals surface area contributed by atoms with Gasteiger partial charge in [0, 0.05) is 12.1 Å². The number of benzene rings is 2. The van der Waals surface area contributed by atoms with Crippen molar-refractivity contribution in [3.63, 3.8) is 0 Å². The Bertz CT molecular complexity index is 1200. The monoisotopic (exact) mass is 424 g/mol. The Morgan fingerprint density at radius 2 is 1.90 bits per heavy atom. The number of aliphatic imine (C=N–C) groups is 1. The summed E-state index contributed by atoms with van der Waals surface area (Å²) in [6.45, 7) is 2.49. The van der Waals surface area contributed by atoms with Crippen molar-refractivity contribution in [3.05, 3.63) is 77.9 Å². The highest BCUT2D eigenvalue weighted by Gasteiger charge is 2.31. The highest BCUT2D eigenvalue weighted by molar-refractivity contribution is 7.90. The van der Waals surface area contributed by atoms with Crippen molar-refractivity contribution in [3.8, 4) is 0 Å². The fourth-order valence-corrected chi connectivity index (χ4v) is 4.42. The first-order valence-corrected chi connectivity index (χ1v) is 10.8. The first kappa shape index (κ1) is 19.8. The standard InChI is InChI=1S/C20H20N6O3S/c1-14(24-19-17-8-4-5-9-18(17)30(28,29)25-19)20(27)22-10-15-6-2-3-7-16(15)11-26-13-21-12-23-26/h2-9,12-14H,10-11H2,1H3,(H,22,27)(H,24,25)/t14-/m0/s1. The van der Waals surface area contributed by atoms with Crippen molar-refractivity contribution in [1.29, 1.82) is 0 Å². The maximum Gasteiger partial charge on any atom is 0.263 e. The highest BCUT2D eigenvalue weighted by atomic mass is 32.2. The Balaban J connectivity index is 1.45. The summed E-state index contributed by atoms with van der Waals surface area (Å²) in [7, 11) is -3.64. The first-order chi connectivity index (χ1) is 14.4. The van der Waals surface area contributed by atoms with Gasteiger partial charge >= 0.3 is 0 Å². The molecule has 0 unspecified atom stereocenters. The molecule has 30 heavy (non-hydrogen) atoms. The summed E-state index contributed by atoms with van der Waals surface area (Å²) in [6.07, 6.45) is 3.11. The quantitative estimate of drug-likeness (QED) is 0.614. The minimum Gasteiger partial charge on any atom is -0.350 e. The minimum atomic E-state index is -3.64. The van der Waals surface area contributed by atoms with Gasteiger partial charge in [-0.2, -0.15) is 5.10 Å². The number of hydrogen-bond acceptors (Lipinski definition) is 6. The number of carbonyl (C=O) groups is 1. The molecular formula is C20H20N6O3S. The molecule has 4 rings (SSSR count). The fourth-order valence-electron chi connectivity index (χ4n) is 3.19. The second-order valence-electron chi connectivity index (χ2n) is 6.83. The van der Waals surface area contributed by atoms with E-state index in [0.717, 1.165) is 11.1 Å². The lowest BCUT2D eigenvalue weighted by molar-refractivity contribution is -0.122. The van der Waals surface area contributed by atoms with Gasteiger partial charge in [-0.3, -0.25) is 14.5 Å². The largest absolute Gasteiger partial charge is 0.350 e. The smallest absolute Gasteiger partial charge is 0.263 e. The van der Waals surface area contributed by atoms with Crippen LogP contribution in [0.4, 0.5) is 0 Å². The number of fused-ring (bicyclic) bond motifs is 1. The van der Waals surface area contributed by atoms with Gasteiger partial charge in [-0.1, -0.05) is 36.4 Å². The normalized spacial score (nSPS) is 16.6. The molecule has 0 radical (unpaired) electrons. The molecule has 1 aliphatic rings.